The van der Waals surface area contributed by atoms with Crippen molar-refractivity contribution in [2.24, 2.45) is 16.8 Å². The van der Waals surface area contributed by atoms with E-state index >= 15 is 0 Å². The fraction of sp³-hybridized carbons (Fsp3) is 0.692. The van der Waals surface area contributed by atoms with E-state index in [-0.39, 0.29) is 5.92 Å². The predicted molar refractivity (Wildman–Crippen MR) is 81.7 cm³/mol. The van der Waals surface area contributed by atoms with Gasteiger partial charge in [-0.25, -0.2) is 0 Å². The third kappa shape index (κ3) is 3.15. The predicted octanol–water partition coefficient (Wildman–Crippen LogP) is 1.93. The summed E-state index contributed by atoms with van der Waals surface area (Å²) in [5.74, 6) is 0.567. The lowest BCUT2D eigenvalue weighted by Crippen LogP contribution is -2.38. The van der Waals surface area contributed by atoms with Gasteiger partial charge in [0.25, 0.3) is 0 Å². The summed E-state index contributed by atoms with van der Waals surface area (Å²) in [4.78, 5) is 2.40. The maximum absolute atomic E-state index is 8.73. The van der Waals surface area contributed by atoms with Gasteiger partial charge in [0.05, 0.1) is 15.9 Å². The average molecular weight is 344 g/mol. The first-order valence-corrected chi connectivity index (χ1v) is 7.77. The molecule has 0 saturated carbocycles. The lowest BCUT2D eigenvalue weighted by atomic mass is 9.96. The number of nitrogens with zero attached hydrogens (tertiary/aromatic N) is 4. The molecular weight excluding hydrogens is 322 g/mol. The molecule has 2 heterocycles. The Kier molecular flexibility index (Phi) is 5.04. The Bertz CT molecular complexity index is 491. The van der Waals surface area contributed by atoms with Gasteiger partial charge in [-0.05, 0) is 55.7 Å². The van der Waals surface area contributed by atoms with Crippen molar-refractivity contribution in [1.29, 1.82) is 0 Å². The molecule has 0 amide bonds. The van der Waals surface area contributed by atoms with Crippen molar-refractivity contribution in [3.63, 3.8) is 0 Å². The fourth-order valence-corrected chi connectivity index (χ4v) is 3.11. The number of aromatic nitrogens is 2. The first-order chi connectivity index (χ1) is 9.56. The molecule has 0 unspecified atom stereocenters. The normalized spacial score (nSPS) is 18.6. The quantitative estimate of drug-likeness (QED) is 0.379. The minimum atomic E-state index is 0.206. The van der Waals surface area contributed by atoms with E-state index in [4.69, 9.17) is 10.9 Å². The highest BCUT2D eigenvalue weighted by atomic mass is 79.9. The van der Waals surface area contributed by atoms with Crippen LogP contribution in [-0.2, 0) is 13.1 Å². The number of nitrogens with two attached hydrogens (primary N) is 1. The number of oxime groups is 1. The Morgan fingerprint density at radius 3 is 2.70 bits per heavy atom. The second-order valence-electron chi connectivity index (χ2n) is 5.24. The topological polar surface area (TPSA) is 79.7 Å². The first-order valence-electron chi connectivity index (χ1n) is 6.98. The molecule has 2 rings (SSSR count). The summed E-state index contributed by atoms with van der Waals surface area (Å²) in [5, 5.41) is 16.4. The number of likely N-dealkylation sites (tertiary alicyclic amines) is 1. The van der Waals surface area contributed by atoms with Gasteiger partial charge in [0.2, 0.25) is 0 Å². The number of hydrogen-bond acceptors (Lipinski definition) is 4. The standard InChI is InChI=1S/C13H22BrN5O/c1-3-19-11(12(14)9(2)16-19)8-18-6-4-10(5-7-18)13(15)17-20/h10,20H,3-8H2,1-2H3,(H2,15,17). The smallest absolute Gasteiger partial charge is 0.142 e. The maximum Gasteiger partial charge on any atom is 0.142 e. The zero-order chi connectivity index (χ0) is 14.7. The molecule has 1 aliphatic rings. The molecule has 7 heteroatoms. The molecule has 0 radical (unpaired) electrons. The van der Waals surface area contributed by atoms with E-state index in [1.54, 1.807) is 0 Å². The van der Waals surface area contributed by atoms with Crippen LogP contribution in [0.25, 0.3) is 0 Å². The molecule has 1 aromatic rings. The van der Waals surface area contributed by atoms with E-state index in [0.29, 0.717) is 5.84 Å². The first kappa shape index (κ1) is 15.3. The van der Waals surface area contributed by atoms with E-state index < -0.39 is 0 Å². The van der Waals surface area contributed by atoms with Gasteiger partial charge in [0.15, 0.2) is 0 Å². The molecule has 1 aromatic heterocycles. The second kappa shape index (κ2) is 6.58. The summed E-state index contributed by atoms with van der Waals surface area (Å²) >= 11 is 3.63. The van der Waals surface area contributed by atoms with Crippen LogP contribution in [0.2, 0.25) is 0 Å². The number of hydrogen-bond donors (Lipinski definition) is 2. The maximum atomic E-state index is 8.73. The van der Waals surface area contributed by atoms with Gasteiger partial charge in [-0.1, -0.05) is 5.16 Å². The Balaban J connectivity index is 1.99. The molecule has 1 saturated heterocycles. The molecule has 0 aromatic carbocycles. The van der Waals surface area contributed by atoms with Crippen LogP contribution in [0.1, 0.15) is 31.2 Å². The van der Waals surface area contributed by atoms with Gasteiger partial charge >= 0.3 is 0 Å². The molecule has 0 atom stereocenters. The van der Waals surface area contributed by atoms with Gasteiger partial charge in [0.1, 0.15) is 5.84 Å². The van der Waals surface area contributed by atoms with Crippen molar-refractivity contribution in [1.82, 2.24) is 14.7 Å². The zero-order valence-electron chi connectivity index (χ0n) is 12.0. The van der Waals surface area contributed by atoms with Crippen molar-refractivity contribution in [2.45, 2.75) is 39.8 Å². The summed E-state index contributed by atoms with van der Waals surface area (Å²) in [7, 11) is 0. The van der Waals surface area contributed by atoms with Crippen molar-refractivity contribution >= 4 is 21.8 Å². The molecule has 112 valence electrons. The molecular formula is C13H22BrN5O. The van der Waals surface area contributed by atoms with Crippen molar-refractivity contribution in [3.8, 4) is 0 Å². The number of aryl methyl sites for hydroxylation is 2. The van der Waals surface area contributed by atoms with Gasteiger partial charge in [-0.2, -0.15) is 5.10 Å². The molecule has 0 aliphatic carbocycles. The summed E-state index contributed by atoms with van der Waals surface area (Å²) in [5.41, 5.74) is 7.94. The number of halogens is 1. The molecule has 6 nitrogen and oxygen atoms in total. The Morgan fingerprint density at radius 1 is 1.50 bits per heavy atom. The van der Waals surface area contributed by atoms with Gasteiger partial charge in [-0.3, -0.25) is 9.58 Å². The highest BCUT2D eigenvalue weighted by Crippen LogP contribution is 2.25. The highest BCUT2D eigenvalue weighted by molar-refractivity contribution is 9.10. The van der Waals surface area contributed by atoms with E-state index in [1.807, 2.05) is 6.92 Å². The molecule has 0 spiro atoms. The van der Waals surface area contributed by atoms with Gasteiger partial charge in [0, 0.05) is 19.0 Å². The minimum Gasteiger partial charge on any atom is -0.409 e. The molecule has 0 bridgehead atoms. The lowest BCUT2D eigenvalue weighted by Gasteiger charge is -2.31. The third-order valence-electron chi connectivity index (χ3n) is 3.95. The molecule has 1 fully saturated rings. The molecule has 20 heavy (non-hydrogen) atoms. The highest BCUT2D eigenvalue weighted by Gasteiger charge is 2.24. The molecule has 1 aliphatic heterocycles. The van der Waals surface area contributed by atoms with Crippen molar-refractivity contribution in [2.75, 3.05) is 13.1 Å². The number of rotatable bonds is 4. The van der Waals surface area contributed by atoms with Gasteiger partial charge in [-0.15, -0.1) is 0 Å². The summed E-state index contributed by atoms with van der Waals surface area (Å²) in [6.45, 7) is 7.81. The summed E-state index contributed by atoms with van der Waals surface area (Å²) < 4.78 is 3.16. The monoisotopic (exact) mass is 343 g/mol. The van der Waals surface area contributed by atoms with Gasteiger partial charge < -0.3 is 10.9 Å². The van der Waals surface area contributed by atoms with Crippen LogP contribution in [-0.4, -0.2) is 38.8 Å². The summed E-state index contributed by atoms with van der Waals surface area (Å²) in [6, 6.07) is 0. The van der Waals surface area contributed by atoms with E-state index in [0.717, 1.165) is 49.2 Å². The SMILES string of the molecule is CCn1nc(C)c(Br)c1CN1CCC(C(N)=NO)CC1. The number of piperidine rings is 1. The average Bonchev–Trinajstić information content (AvgIpc) is 2.75. The van der Waals surface area contributed by atoms with Crippen LogP contribution in [0.5, 0.6) is 0 Å². The Labute approximate surface area is 127 Å². The van der Waals surface area contributed by atoms with Crippen LogP contribution in [0.15, 0.2) is 9.63 Å². The van der Waals surface area contributed by atoms with Crippen LogP contribution in [0, 0.1) is 12.8 Å². The Morgan fingerprint density at radius 2 is 2.15 bits per heavy atom. The zero-order valence-corrected chi connectivity index (χ0v) is 13.6. The van der Waals surface area contributed by atoms with E-state index in [9.17, 15) is 0 Å². The van der Waals surface area contributed by atoms with Crippen LogP contribution in [0.4, 0.5) is 0 Å². The molecule has 3 N–H and O–H groups in total. The van der Waals surface area contributed by atoms with E-state index in [2.05, 4.69) is 42.7 Å². The van der Waals surface area contributed by atoms with Crippen LogP contribution in [0.3, 0.4) is 0 Å². The Hall–Kier alpha value is -1.08. The largest absolute Gasteiger partial charge is 0.409 e. The minimum absolute atomic E-state index is 0.206. The summed E-state index contributed by atoms with van der Waals surface area (Å²) in [6.07, 6.45) is 1.87. The second-order valence-corrected chi connectivity index (χ2v) is 6.03. The van der Waals surface area contributed by atoms with Crippen LogP contribution >= 0.6 is 15.9 Å². The lowest BCUT2D eigenvalue weighted by molar-refractivity contribution is 0.193. The van der Waals surface area contributed by atoms with Crippen molar-refractivity contribution < 1.29 is 5.21 Å². The van der Waals surface area contributed by atoms with E-state index in [1.165, 1.54) is 5.69 Å². The fourth-order valence-electron chi connectivity index (χ4n) is 2.70. The third-order valence-corrected chi connectivity index (χ3v) is 4.98. The van der Waals surface area contributed by atoms with Crippen LogP contribution < -0.4 is 5.73 Å². The number of amidine groups is 1. The van der Waals surface area contributed by atoms with Crippen molar-refractivity contribution in [3.05, 3.63) is 15.9 Å².